The van der Waals surface area contributed by atoms with E-state index in [0.717, 1.165) is 32.1 Å². The molecule has 0 aromatic heterocycles. The van der Waals surface area contributed by atoms with Gasteiger partial charge in [-0.3, -0.25) is 4.79 Å². The Morgan fingerprint density at radius 1 is 1.21 bits per heavy atom. The van der Waals surface area contributed by atoms with E-state index in [9.17, 15) is 18.0 Å². The third-order valence-electron chi connectivity index (χ3n) is 4.94. The predicted octanol–water partition coefficient (Wildman–Crippen LogP) is 1.94. The number of methoxy groups -OCH3 is 1. The molecule has 0 heterocycles. The van der Waals surface area contributed by atoms with Crippen LogP contribution in [0.15, 0.2) is 23.1 Å². The van der Waals surface area contributed by atoms with E-state index in [2.05, 4.69) is 4.72 Å². The van der Waals surface area contributed by atoms with E-state index in [1.165, 1.54) is 25.3 Å². The normalized spacial score (nSPS) is 16.3. The molecular weight excluding hydrogens is 396 g/mol. The molecule has 2 fully saturated rings. The van der Waals surface area contributed by atoms with Crippen LogP contribution in [0.1, 0.15) is 49.4 Å². The molecule has 2 aliphatic carbocycles. The van der Waals surface area contributed by atoms with Gasteiger partial charge in [-0.1, -0.05) is 6.92 Å². The molecule has 1 aromatic rings. The number of sulfonamides is 1. The molecule has 29 heavy (non-hydrogen) atoms. The van der Waals surface area contributed by atoms with Gasteiger partial charge in [-0.25, -0.2) is 17.9 Å². The van der Waals surface area contributed by atoms with Crippen LogP contribution in [0.3, 0.4) is 0 Å². The van der Waals surface area contributed by atoms with Crippen molar-refractivity contribution in [2.75, 3.05) is 26.8 Å². The zero-order chi connectivity index (χ0) is 21.0. The number of nitrogens with one attached hydrogen (secondary N) is 1. The maximum atomic E-state index is 12.6. The third-order valence-corrected chi connectivity index (χ3v) is 6.48. The van der Waals surface area contributed by atoms with Gasteiger partial charge in [-0.2, -0.15) is 0 Å². The third kappa shape index (κ3) is 5.93. The van der Waals surface area contributed by atoms with Crippen molar-refractivity contribution < 1.29 is 27.5 Å². The van der Waals surface area contributed by atoms with Gasteiger partial charge in [0, 0.05) is 19.1 Å². The molecule has 9 heteroatoms. The molecule has 0 aliphatic heterocycles. The first kappa shape index (κ1) is 21.6. The lowest BCUT2D eigenvalue weighted by Gasteiger charge is -2.21. The molecule has 0 bridgehead atoms. The highest BCUT2D eigenvalue weighted by Crippen LogP contribution is 2.30. The minimum Gasteiger partial charge on any atom is -0.495 e. The fraction of sp³-hybridized carbons (Fsp3) is 0.600. The maximum absolute atomic E-state index is 12.6. The Kier molecular flexibility index (Phi) is 6.79. The summed E-state index contributed by atoms with van der Waals surface area (Å²) in [6, 6.07) is 3.99. The zero-order valence-corrected chi connectivity index (χ0v) is 17.7. The monoisotopic (exact) mass is 424 g/mol. The lowest BCUT2D eigenvalue weighted by Crippen LogP contribution is -2.36. The fourth-order valence-corrected chi connectivity index (χ4v) is 4.50. The predicted molar refractivity (Wildman–Crippen MR) is 106 cm³/mol. The second-order valence-electron chi connectivity index (χ2n) is 7.62. The van der Waals surface area contributed by atoms with Gasteiger partial charge in [0.1, 0.15) is 10.6 Å². The average molecular weight is 425 g/mol. The van der Waals surface area contributed by atoms with E-state index in [-0.39, 0.29) is 34.8 Å². The van der Waals surface area contributed by atoms with Gasteiger partial charge in [0.05, 0.1) is 12.7 Å². The summed E-state index contributed by atoms with van der Waals surface area (Å²) in [4.78, 5) is 26.5. The molecular formula is C20H28N2O6S. The molecule has 2 aliphatic rings. The largest absolute Gasteiger partial charge is 0.495 e. The molecule has 1 amide bonds. The van der Waals surface area contributed by atoms with Crippen LogP contribution in [-0.4, -0.2) is 58.0 Å². The van der Waals surface area contributed by atoms with Gasteiger partial charge >= 0.3 is 5.97 Å². The van der Waals surface area contributed by atoms with Crippen LogP contribution < -0.4 is 9.46 Å². The number of rotatable bonds is 11. The van der Waals surface area contributed by atoms with Crippen LogP contribution in [0.25, 0.3) is 0 Å². The quantitative estimate of drug-likeness (QED) is 0.545. The van der Waals surface area contributed by atoms with Crippen molar-refractivity contribution in [3.05, 3.63) is 23.8 Å². The SMILES string of the molecule is CCCN(CC1CC1)C(=O)COC(=O)c1ccc(OC)c(S(=O)(=O)NC2CC2)c1. The van der Waals surface area contributed by atoms with Crippen molar-refractivity contribution in [1.29, 1.82) is 0 Å². The topological polar surface area (TPSA) is 102 Å². The first-order valence-corrected chi connectivity index (χ1v) is 11.5. The van der Waals surface area contributed by atoms with Gasteiger partial charge in [0.25, 0.3) is 5.91 Å². The van der Waals surface area contributed by atoms with Crippen LogP contribution in [0.5, 0.6) is 5.75 Å². The van der Waals surface area contributed by atoms with Gasteiger partial charge in [0.2, 0.25) is 10.0 Å². The average Bonchev–Trinajstić information content (AvgIpc) is 3.62. The molecule has 1 aromatic carbocycles. The van der Waals surface area contributed by atoms with Crippen molar-refractivity contribution in [3.63, 3.8) is 0 Å². The number of carbonyl (C=O) groups excluding carboxylic acids is 2. The molecule has 1 N–H and O–H groups in total. The summed E-state index contributed by atoms with van der Waals surface area (Å²) < 4.78 is 38.0. The highest BCUT2D eigenvalue weighted by molar-refractivity contribution is 7.89. The van der Waals surface area contributed by atoms with Crippen LogP contribution in [0, 0.1) is 5.92 Å². The Bertz CT molecular complexity index is 862. The summed E-state index contributed by atoms with van der Waals surface area (Å²) in [5.74, 6) is -0.283. The van der Waals surface area contributed by atoms with Gasteiger partial charge in [-0.15, -0.1) is 0 Å². The van der Waals surface area contributed by atoms with E-state index in [1.54, 1.807) is 4.90 Å². The number of ether oxygens (including phenoxy) is 2. The van der Waals surface area contributed by atoms with Crippen LogP contribution >= 0.6 is 0 Å². The first-order valence-electron chi connectivity index (χ1n) is 9.99. The number of hydrogen-bond donors (Lipinski definition) is 1. The second kappa shape index (κ2) is 9.13. The van der Waals surface area contributed by atoms with E-state index in [0.29, 0.717) is 19.0 Å². The summed E-state index contributed by atoms with van der Waals surface area (Å²) in [6.45, 7) is 2.96. The fourth-order valence-electron chi connectivity index (χ4n) is 3.00. The van der Waals surface area contributed by atoms with Crippen molar-refractivity contribution >= 4 is 21.9 Å². The van der Waals surface area contributed by atoms with Gasteiger partial charge < -0.3 is 14.4 Å². The molecule has 0 atom stereocenters. The van der Waals surface area contributed by atoms with Gasteiger partial charge in [-0.05, 0) is 56.2 Å². The number of amides is 1. The number of nitrogens with zero attached hydrogens (tertiary/aromatic N) is 1. The molecule has 0 radical (unpaired) electrons. The van der Waals surface area contributed by atoms with E-state index < -0.39 is 16.0 Å². The molecule has 0 unspecified atom stereocenters. The highest BCUT2D eigenvalue weighted by atomic mass is 32.2. The number of hydrogen-bond acceptors (Lipinski definition) is 6. The first-order chi connectivity index (χ1) is 13.8. The van der Waals surface area contributed by atoms with E-state index >= 15 is 0 Å². The molecule has 3 rings (SSSR count). The molecule has 2 saturated carbocycles. The Morgan fingerprint density at radius 3 is 2.52 bits per heavy atom. The minimum absolute atomic E-state index is 0.0546. The highest BCUT2D eigenvalue weighted by Gasteiger charge is 2.31. The Labute approximate surface area is 171 Å². The van der Waals surface area contributed by atoms with Crippen molar-refractivity contribution in [2.24, 2.45) is 5.92 Å². The van der Waals surface area contributed by atoms with Crippen molar-refractivity contribution in [1.82, 2.24) is 9.62 Å². The zero-order valence-electron chi connectivity index (χ0n) is 16.8. The minimum atomic E-state index is -3.81. The molecule has 0 saturated heterocycles. The molecule has 0 spiro atoms. The second-order valence-corrected chi connectivity index (χ2v) is 9.30. The van der Waals surface area contributed by atoms with Crippen LogP contribution in [-0.2, 0) is 19.6 Å². The molecule has 160 valence electrons. The Balaban J connectivity index is 1.66. The van der Waals surface area contributed by atoms with Crippen molar-refractivity contribution in [3.8, 4) is 5.75 Å². The van der Waals surface area contributed by atoms with E-state index in [4.69, 9.17) is 9.47 Å². The van der Waals surface area contributed by atoms with Crippen LogP contribution in [0.2, 0.25) is 0 Å². The summed E-state index contributed by atoms with van der Waals surface area (Å²) >= 11 is 0. The standard InChI is InChI=1S/C20H28N2O6S/c1-3-10-22(12-14-4-5-14)19(23)13-28-20(24)15-6-9-17(27-2)18(11-15)29(25,26)21-16-7-8-16/h6,9,11,14,16,21H,3-5,7-8,10,12-13H2,1-2H3. The Hall–Kier alpha value is -2.13. The van der Waals surface area contributed by atoms with Gasteiger partial charge in [0.15, 0.2) is 6.61 Å². The summed E-state index contributed by atoms with van der Waals surface area (Å²) in [7, 11) is -2.45. The summed E-state index contributed by atoms with van der Waals surface area (Å²) in [5, 5.41) is 0. The number of esters is 1. The van der Waals surface area contributed by atoms with E-state index in [1.807, 2.05) is 6.92 Å². The maximum Gasteiger partial charge on any atom is 0.338 e. The summed E-state index contributed by atoms with van der Waals surface area (Å²) in [5.41, 5.74) is 0.0546. The summed E-state index contributed by atoms with van der Waals surface area (Å²) in [6.07, 6.45) is 4.68. The lowest BCUT2D eigenvalue weighted by atomic mass is 10.2. The van der Waals surface area contributed by atoms with Crippen molar-refractivity contribution in [2.45, 2.75) is 50.0 Å². The molecule has 8 nitrogen and oxygen atoms in total. The number of benzene rings is 1. The smallest absolute Gasteiger partial charge is 0.338 e. The number of carbonyl (C=O) groups is 2. The Morgan fingerprint density at radius 2 is 1.93 bits per heavy atom. The van der Waals surface area contributed by atoms with Crippen LogP contribution in [0.4, 0.5) is 0 Å². The lowest BCUT2D eigenvalue weighted by molar-refractivity contribution is -0.134.